The molecule has 2 N–H and O–H groups in total. The number of fused-ring (bicyclic) bond motifs is 1. The molecule has 28 heavy (non-hydrogen) atoms. The first kappa shape index (κ1) is 18.3. The van der Waals surface area contributed by atoms with Crippen molar-refractivity contribution in [2.75, 3.05) is 39.4 Å². The van der Waals surface area contributed by atoms with Gasteiger partial charge in [0.25, 0.3) is 0 Å². The molecule has 150 valence electrons. The van der Waals surface area contributed by atoms with Gasteiger partial charge in [-0.25, -0.2) is 0 Å². The second-order valence-electron chi connectivity index (χ2n) is 8.45. The molecule has 2 fully saturated rings. The number of morpholine rings is 1. The second kappa shape index (κ2) is 7.95. The maximum Gasteiger partial charge on any atom is 0.0951 e. The summed E-state index contributed by atoms with van der Waals surface area (Å²) in [5.41, 5.74) is 5.03. The van der Waals surface area contributed by atoms with E-state index >= 15 is 0 Å². The average molecular weight is 383 g/mol. The number of H-pyrrole nitrogens is 1. The standard InChI is InChI=1S/C22H30N4O2/c27-22-19-6-2-1-4-16(19)12-20(22)26-7-3-5-17(15-26)21-18(13-23-24-21)14-25-8-10-28-11-9-25/h1-2,4,6,13,17,20,22,27H,3,5,7-12,14-15H2,(H,23,24)/t17-,20-,22+/m0/s1. The summed E-state index contributed by atoms with van der Waals surface area (Å²) in [5.74, 6) is 0.461. The van der Waals surface area contributed by atoms with Crippen molar-refractivity contribution in [1.29, 1.82) is 0 Å². The van der Waals surface area contributed by atoms with Gasteiger partial charge < -0.3 is 9.84 Å². The predicted octanol–water partition coefficient (Wildman–Crippen LogP) is 2.08. The van der Waals surface area contributed by atoms with E-state index in [9.17, 15) is 5.11 Å². The number of likely N-dealkylation sites (tertiary alicyclic amines) is 1. The first-order chi connectivity index (χ1) is 13.8. The van der Waals surface area contributed by atoms with E-state index < -0.39 is 0 Å². The van der Waals surface area contributed by atoms with Crippen molar-refractivity contribution in [2.24, 2.45) is 0 Å². The molecular weight excluding hydrogens is 352 g/mol. The summed E-state index contributed by atoms with van der Waals surface area (Å²) < 4.78 is 5.48. The Morgan fingerprint density at radius 2 is 2.04 bits per heavy atom. The molecular formula is C22H30N4O2. The van der Waals surface area contributed by atoms with Gasteiger partial charge in [-0.3, -0.25) is 14.9 Å². The summed E-state index contributed by atoms with van der Waals surface area (Å²) in [6, 6.07) is 8.55. The predicted molar refractivity (Wildman–Crippen MR) is 107 cm³/mol. The van der Waals surface area contributed by atoms with Crippen LogP contribution in [0.5, 0.6) is 0 Å². The van der Waals surface area contributed by atoms with Gasteiger partial charge in [0.1, 0.15) is 0 Å². The van der Waals surface area contributed by atoms with Crippen molar-refractivity contribution in [3.8, 4) is 0 Å². The summed E-state index contributed by atoms with van der Waals surface area (Å²) in [5, 5.41) is 18.6. The molecule has 0 saturated carbocycles. The van der Waals surface area contributed by atoms with Crippen LogP contribution in [0.2, 0.25) is 0 Å². The largest absolute Gasteiger partial charge is 0.387 e. The number of aromatic amines is 1. The number of benzene rings is 1. The molecule has 6 heteroatoms. The molecule has 3 atom stereocenters. The van der Waals surface area contributed by atoms with E-state index in [1.807, 2.05) is 12.3 Å². The Balaban J connectivity index is 1.29. The van der Waals surface area contributed by atoms with Crippen LogP contribution >= 0.6 is 0 Å². The topological polar surface area (TPSA) is 64.6 Å². The third-order valence-corrected chi connectivity index (χ3v) is 6.75. The third-order valence-electron chi connectivity index (χ3n) is 6.75. The maximum atomic E-state index is 10.9. The Kier molecular flexibility index (Phi) is 5.20. The third kappa shape index (κ3) is 3.50. The minimum absolute atomic E-state index is 0.200. The highest BCUT2D eigenvalue weighted by molar-refractivity contribution is 5.36. The Labute approximate surface area is 166 Å². The molecule has 0 spiro atoms. The van der Waals surface area contributed by atoms with Crippen molar-refractivity contribution in [1.82, 2.24) is 20.0 Å². The van der Waals surface area contributed by atoms with Crippen LogP contribution in [0.3, 0.4) is 0 Å². The second-order valence-corrected chi connectivity index (χ2v) is 8.45. The lowest BCUT2D eigenvalue weighted by molar-refractivity contribution is 0.0334. The van der Waals surface area contributed by atoms with E-state index in [-0.39, 0.29) is 12.1 Å². The minimum Gasteiger partial charge on any atom is -0.387 e. The van der Waals surface area contributed by atoms with Gasteiger partial charge in [0.15, 0.2) is 0 Å². The molecule has 2 aromatic rings. The molecule has 0 unspecified atom stereocenters. The lowest BCUT2D eigenvalue weighted by atomic mass is 9.91. The van der Waals surface area contributed by atoms with E-state index in [0.717, 1.165) is 57.9 Å². The van der Waals surface area contributed by atoms with Gasteiger partial charge in [-0.15, -0.1) is 0 Å². The highest BCUT2D eigenvalue weighted by Crippen LogP contribution is 2.38. The maximum absolute atomic E-state index is 10.9. The molecule has 3 heterocycles. The number of aromatic nitrogens is 2. The first-order valence-corrected chi connectivity index (χ1v) is 10.6. The van der Waals surface area contributed by atoms with Gasteiger partial charge in [-0.2, -0.15) is 5.10 Å². The number of rotatable bonds is 4. The van der Waals surface area contributed by atoms with Crippen molar-refractivity contribution >= 4 is 0 Å². The summed E-state index contributed by atoms with van der Waals surface area (Å²) in [6.07, 6.45) is 4.94. The van der Waals surface area contributed by atoms with Gasteiger partial charge in [0.05, 0.1) is 25.5 Å². The molecule has 5 rings (SSSR count). The SMILES string of the molecule is O[C@@H]1c2ccccc2C[C@@H]1N1CCC[C@H](c2[nH]ncc2CN2CCOCC2)C1. The number of hydrogen-bond donors (Lipinski definition) is 2. The molecule has 0 radical (unpaired) electrons. The van der Waals surface area contributed by atoms with Crippen LogP contribution in [0, 0.1) is 0 Å². The molecule has 0 amide bonds. The van der Waals surface area contributed by atoms with E-state index in [1.165, 1.54) is 29.7 Å². The Bertz CT molecular complexity index is 801. The van der Waals surface area contributed by atoms with Crippen LogP contribution in [-0.4, -0.2) is 70.5 Å². The Morgan fingerprint density at radius 1 is 1.18 bits per heavy atom. The molecule has 1 aromatic carbocycles. The first-order valence-electron chi connectivity index (χ1n) is 10.6. The van der Waals surface area contributed by atoms with Crippen molar-refractivity contribution < 1.29 is 9.84 Å². The molecule has 2 saturated heterocycles. The number of hydrogen-bond acceptors (Lipinski definition) is 5. The van der Waals surface area contributed by atoms with Gasteiger partial charge in [-0.05, 0) is 36.9 Å². The fourth-order valence-electron chi connectivity index (χ4n) is 5.23. The number of ether oxygens (including phenoxy) is 1. The fourth-order valence-corrected chi connectivity index (χ4v) is 5.23. The summed E-state index contributed by atoms with van der Waals surface area (Å²) in [6.45, 7) is 6.65. The highest BCUT2D eigenvalue weighted by Gasteiger charge is 2.37. The van der Waals surface area contributed by atoms with E-state index in [1.54, 1.807) is 0 Å². The molecule has 0 bridgehead atoms. The molecule has 1 aromatic heterocycles. The van der Waals surface area contributed by atoms with Crippen LogP contribution in [0.1, 0.15) is 47.2 Å². The summed E-state index contributed by atoms with van der Waals surface area (Å²) >= 11 is 0. The zero-order valence-corrected chi connectivity index (χ0v) is 16.4. The fraction of sp³-hybridized carbons (Fsp3) is 0.591. The van der Waals surface area contributed by atoms with Crippen molar-refractivity contribution in [3.05, 3.63) is 52.8 Å². The van der Waals surface area contributed by atoms with Crippen LogP contribution in [0.15, 0.2) is 30.5 Å². The Morgan fingerprint density at radius 3 is 2.89 bits per heavy atom. The number of piperidine rings is 1. The van der Waals surface area contributed by atoms with E-state index in [2.05, 4.69) is 38.2 Å². The van der Waals surface area contributed by atoms with Gasteiger partial charge in [0, 0.05) is 49.4 Å². The van der Waals surface area contributed by atoms with E-state index in [0.29, 0.717) is 5.92 Å². The highest BCUT2D eigenvalue weighted by atomic mass is 16.5. The Hall–Kier alpha value is -1.73. The van der Waals surface area contributed by atoms with Crippen molar-refractivity contribution in [2.45, 2.75) is 43.9 Å². The number of aliphatic hydroxyl groups excluding tert-OH is 1. The number of aliphatic hydroxyl groups is 1. The van der Waals surface area contributed by atoms with E-state index in [4.69, 9.17) is 4.74 Å². The summed E-state index contributed by atoms with van der Waals surface area (Å²) in [7, 11) is 0. The lowest BCUT2D eigenvalue weighted by Crippen LogP contribution is -2.44. The zero-order chi connectivity index (χ0) is 18.9. The zero-order valence-electron chi connectivity index (χ0n) is 16.4. The van der Waals surface area contributed by atoms with Crippen LogP contribution in [-0.2, 0) is 17.7 Å². The number of nitrogens with zero attached hydrogens (tertiary/aromatic N) is 3. The monoisotopic (exact) mass is 382 g/mol. The quantitative estimate of drug-likeness (QED) is 0.848. The lowest BCUT2D eigenvalue weighted by Gasteiger charge is -2.38. The minimum atomic E-state index is -0.371. The van der Waals surface area contributed by atoms with Gasteiger partial charge in [0.2, 0.25) is 0 Å². The average Bonchev–Trinajstić information content (AvgIpc) is 3.34. The van der Waals surface area contributed by atoms with Crippen LogP contribution in [0.25, 0.3) is 0 Å². The molecule has 2 aliphatic heterocycles. The smallest absolute Gasteiger partial charge is 0.0951 e. The number of nitrogens with one attached hydrogen (secondary N) is 1. The van der Waals surface area contributed by atoms with Crippen LogP contribution < -0.4 is 0 Å². The normalized spacial score (nSPS) is 29.1. The molecule has 3 aliphatic rings. The van der Waals surface area contributed by atoms with Gasteiger partial charge >= 0.3 is 0 Å². The van der Waals surface area contributed by atoms with Gasteiger partial charge in [-0.1, -0.05) is 24.3 Å². The molecule has 6 nitrogen and oxygen atoms in total. The van der Waals surface area contributed by atoms with Crippen molar-refractivity contribution in [3.63, 3.8) is 0 Å². The van der Waals surface area contributed by atoms with Crippen LogP contribution in [0.4, 0.5) is 0 Å². The summed E-state index contributed by atoms with van der Waals surface area (Å²) in [4.78, 5) is 4.97. The molecule has 1 aliphatic carbocycles.